The van der Waals surface area contributed by atoms with Crippen molar-refractivity contribution >= 4 is 35.0 Å². The summed E-state index contributed by atoms with van der Waals surface area (Å²) in [6.07, 6.45) is -0.205. The average Bonchev–Trinajstić information content (AvgIpc) is 2.75. The van der Waals surface area contributed by atoms with Gasteiger partial charge in [0.15, 0.2) is 0 Å². The molecule has 0 spiro atoms. The molecule has 1 heterocycles. The first kappa shape index (κ1) is 21.4. The van der Waals surface area contributed by atoms with Crippen LogP contribution in [0.15, 0.2) is 42.5 Å². The fourth-order valence-corrected chi connectivity index (χ4v) is 3.39. The van der Waals surface area contributed by atoms with E-state index < -0.39 is 11.9 Å². The lowest BCUT2D eigenvalue weighted by atomic mass is 10.1. The third-order valence-electron chi connectivity index (χ3n) is 4.74. The average molecular weight is 432 g/mol. The van der Waals surface area contributed by atoms with E-state index in [0.717, 1.165) is 0 Å². The number of hydrogen-bond donors (Lipinski definition) is 2. The van der Waals surface area contributed by atoms with Gasteiger partial charge in [-0.3, -0.25) is 14.4 Å². The molecule has 30 heavy (non-hydrogen) atoms. The van der Waals surface area contributed by atoms with Crippen molar-refractivity contribution in [1.82, 2.24) is 10.2 Å². The van der Waals surface area contributed by atoms with E-state index in [1.807, 2.05) is 0 Å². The Labute approximate surface area is 179 Å². The van der Waals surface area contributed by atoms with E-state index >= 15 is 0 Å². The second-order valence-corrected chi connectivity index (χ2v) is 7.07. The van der Waals surface area contributed by atoms with E-state index in [4.69, 9.17) is 21.1 Å². The number of nitrogens with one attached hydrogen (secondary N) is 2. The van der Waals surface area contributed by atoms with Crippen LogP contribution in [0.2, 0.25) is 5.02 Å². The minimum absolute atomic E-state index is 0.205. The first-order valence-corrected chi connectivity index (χ1v) is 9.67. The highest BCUT2D eigenvalue weighted by atomic mass is 35.5. The van der Waals surface area contributed by atoms with E-state index in [1.165, 1.54) is 19.1 Å². The number of amides is 3. The molecule has 0 bridgehead atoms. The Morgan fingerprint density at radius 1 is 1.17 bits per heavy atom. The van der Waals surface area contributed by atoms with Crippen LogP contribution in [-0.2, 0) is 9.59 Å². The van der Waals surface area contributed by atoms with Gasteiger partial charge in [-0.15, -0.1) is 0 Å². The zero-order valence-corrected chi connectivity index (χ0v) is 17.4. The first-order chi connectivity index (χ1) is 14.4. The Morgan fingerprint density at radius 2 is 1.90 bits per heavy atom. The minimum Gasteiger partial charge on any atom is -0.497 e. The molecule has 1 saturated heterocycles. The van der Waals surface area contributed by atoms with Crippen LogP contribution in [0.25, 0.3) is 0 Å². The van der Waals surface area contributed by atoms with Crippen LogP contribution < -0.4 is 20.1 Å². The van der Waals surface area contributed by atoms with Gasteiger partial charge >= 0.3 is 0 Å². The predicted molar refractivity (Wildman–Crippen MR) is 112 cm³/mol. The smallest absolute Gasteiger partial charge is 0.254 e. The molecule has 1 atom stereocenters. The van der Waals surface area contributed by atoms with E-state index in [1.54, 1.807) is 42.5 Å². The van der Waals surface area contributed by atoms with Crippen molar-refractivity contribution < 1.29 is 23.9 Å². The second kappa shape index (κ2) is 9.49. The molecule has 0 unspecified atom stereocenters. The lowest BCUT2D eigenvalue weighted by molar-refractivity contribution is -0.131. The summed E-state index contributed by atoms with van der Waals surface area (Å²) in [5, 5.41) is 5.84. The number of methoxy groups -OCH3 is 2. The van der Waals surface area contributed by atoms with E-state index in [-0.39, 0.29) is 18.2 Å². The zero-order chi connectivity index (χ0) is 21.7. The van der Waals surface area contributed by atoms with Gasteiger partial charge < -0.3 is 25.0 Å². The van der Waals surface area contributed by atoms with Gasteiger partial charge in [-0.1, -0.05) is 11.6 Å². The summed E-state index contributed by atoms with van der Waals surface area (Å²) in [5.74, 6) is -0.0894. The molecule has 0 aromatic heterocycles. The molecule has 0 radical (unpaired) electrons. The summed E-state index contributed by atoms with van der Waals surface area (Å²) in [6, 6.07) is 10.5. The quantitative estimate of drug-likeness (QED) is 0.731. The van der Waals surface area contributed by atoms with Crippen LogP contribution in [0.1, 0.15) is 16.8 Å². The summed E-state index contributed by atoms with van der Waals surface area (Å²) < 4.78 is 10.3. The Bertz CT molecular complexity index is 948. The molecule has 0 aliphatic carbocycles. The van der Waals surface area contributed by atoms with Gasteiger partial charge in [0.2, 0.25) is 11.8 Å². The molecule has 2 N–H and O–H groups in total. The maximum absolute atomic E-state index is 13.0. The van der Waals surface area contributed by atoms with Crippen LogP contribution in [0.3, 0.4) is 0 Å². The number of anilines is 1. The first-order valence-electron chi connectivity index (χ1n) is 9.29. The highest BCUT2D eigenvalue weighted by molar-refractivity contribution is 6.31. The molecule has 3 amide bonds. The molecule has 9 heteroatoms. The third-order valence-corrected chi connectivity index (χ3v) is 4.98. The summed E-state index contributed by atoms with van der Waals surface area (Å²) in [5.41, 5.74) is 0.798. The fraction of sp³-hybridized carbons (Fsp3) is 0.286. The molecule has 3 rings (SSSR count). The monoisotopic (exact) mass is 431 g/mol. The largest absolute Gasteiger partial charge is 0.497 e. The zero-order valence-electron chi connectivity index (χ0n) is 16.6. The van der Waals surface area contributed by atoms with Gasteiger partial charge in [-0.05, 0) is 42.5 Å². The Balaban J connectivity index is 1.76. The molecule has 158 valence electrons. The summed E-state index contributed by atoms with van der Waals surface area (Å²) in [4.78, 5) is 39.5. The molecule has 2 aromatic carbocycles. The third kappa shape index (κ3) is 4.83. The highest BCUT2D eigenvalue weighted by Crippen LogP contribution is 2.28. The fourth-order valence-electron chi connectivity index (χ4n) is 3.21. The maximum atomic E-state index is 13.0. The number of ether oxygens (including phenoxy) is 2. The Hall–Kier alpha value is -3.26. The predicted octanol–water partition coefficient (Wildman–Crippen LogP) is 2.33. The lowest BCUT2D eigenvalue weighted by Gasteiger charge is -2.34. The van der Waals surface area contributed by atoms with Gasteiger partial charge in [-0.25, -0.2) is 0 Å². The van der Waals surface area contributed by atoms with Gasteiger partial charge in [0.05, 0.1) is 26.3 Å². The van der Waals surface area contributed by atoms with E-state index in [0.29, 0.717) is 40.9 Å². The number of hydrogen-bond acceptors (Lipinski definition) is 5. The van der Waals surface area contributed by atoms with Crippen molar-refractivity contribution in [2.45, 2.75) is 12.5 Å². The number of nitrogens with zero attached hydrogens (tertiary/aromatic N) is 1. The SMILES string of the molecule is COc1ccc(C(=O)N2CCNC(=O)[C@@H]2CC(=O)Nc2cc(Cl)ccc2OC)cc1. The summed E-state index contributed by atoms with van der Waals surface area (Å²) in [6.45, 7) is 0.621. The molecular formula is C21H22ClN3O5. The molecule has 0 saturated carbocycles. The summed E-state index contributed by atoms with van der Waals surface area (Å²) >= 11 is 5.99. The van der Waals surface area contributed by atoms with E-state index in [2.05, 4.69) is 10.6 Å². The second-order valence-electron chi connectivity index (χ2n) is 6.63. The van der Waals surface area contributed by atoms with Crippen LogP contribution in [0.4, 0.5) is 5.69 Å². The normalized spacial score (nSPS) is 15.9. The number of halogens is 1. The molecule has 1 aliphatic rings. The van der Waals surface area contributed by atoms with Crippen LogP contribution in [-0.4, -0.2) is 56.0 Å². The van der Waals surface area contributed by atoms with Crippen LogP contribution in [0, 0.1) is 0 Å². The van der Waals surface area contributed by atoms with Crippen molar-refractivity contribution in [3.05, 3.63) is 53.1 Å². The van der Waals surface area contributed by atoms with Gasteiger partial charge in [0.1, 0.15) is 17.5 Å². The summed E-state index contributed by atoms with van der Waals surface area (Å²) in [7, 11) is 3.01. The number of benzene rings is 2. The number of carbonyl (C=O) groups is 3. The number of carbonyl (C=O) groups excluding carboxylic acids is 3. The maximum Gasteiger partial charge on any atom is 0.254 e. The van der Waals surface area contributed by atoms with Crippen molar-refractivity contribution in [2.75, 3.05) is 32.6 Å². The van der Waals surface area contributed by atoms with Gasteiger partial charge in [0.25, 0.3) is 5.91 Å². The molecule has 8 nitrogen and oxygen atoms in total. The van der Waals surface area contributed by atoms with Crippen molar-refractivity contribution in [1.29, 1.82) is 0 Å². The Morgan fingerprint density at radius 3 is 2.57 bits per heavy atom. The highest BCUT2D eigenvalue weighted by Gasteiger charge is 2.35. The molecular weight excluding hydrogens is 410 g/mol. The van der Waals surface area contributed by atoms with Crippen LogP contribution >= 0.6 is 11.6 Å². The lowest BCUT2D eigenvalue weighted by Crippen LogP contribution is -2.58. The molecule has 2 aromatic rings. The Kier molecular flexibility index (Phi) is 6.79. The molecule has 1 fully saturated rings. The standard InChI is InChI=1S/C21H22ClN3O5/c1-29-15-6-3-13(4-7-15)21(28)25-10-9-23-20(27)17(25)12-19(26)24-16-11-14(22)5-8-18(16)30-2/h3-8,11,17H,9-10,12H2,1-2H3,(H,23,27)(H,24,26)/t17-/m0/s1. The molecule has 1 aliphatic heterocycles. The van der Waals surface area contributed by atoms with Crippen LogP contribution in [0.5, 0.6) is 11.5 Å². The number of rotatable bonds is 6. The van der Waals surface area contributed by atoms with Crippen molar-refractivity contribution in [3.63, 3.8) is 0 Å². The van der Waals surface area contributed by atoms with Crippen molar-refractivity contribution in [2.24, 2.45) is 0 Å². The minimum atomic E-state index is -0.932. The van der Waals surface area contributed by atoms with E-state index in [9.17, 15) is 14.4 Å². The topological polar surface area (TPSA) is 97.0 Å². The van der Waals surface area contributed by atoms with Gasteiger partial charge in [-0.2, -0.15) is 0 Å². The van der Waals surface area contributed by atoms with Crippen molar-refractivity contribution in [3.8, 4) is 11.5 Å². The van der Waals surface area contributed by atoms with Gasteiger partial charge in [0, 0.05) is 23.7 Å². The number of piperazine rings is 1.